The highest BCUT2D eigenvalue weighted by Crippen LogP contribution is 2.32. The van der Waals surface area contributed by atoms with Crippen LogP contribution in [-0.4, -0.2) is 24.7 Å². The summed E-state index contributed by atoms with van der Waals surface area (Å²) in [6.45, 7) is 0.340. The molecule has 0 unspecified atom stereocenters. The van der Waals surface area contributed by atoms with E-state index in [0.717, 1.165) is 11.3 Å². The van der Waals surface area contributed by atoms with Gasteiger partial charge in [-0.2, -0.15) is 5.10 Å². The van der Waals surface area contributed by atoms with Gasteiger partial charge in [-0.1, -0.05) is 49.6 Å². The molecule has 1 aliphatic rings. The van der Waals surface area contributed by atoms with E-state index in [4.69, 9.17) is 0 Å². The predicted octanol–water partition coefficient (Wildman–Crippen LogP) is 4.44. The standard InChI is InChI=1S/C23H27N3O2S/c27-29(28,23-13-11-21(12-14-23)20-7-3-1-4-8-20)25-16-15-19-17-24-26(18-19)22-9-5-2-6-10-22/h2,5-6,9-14,17-18,20,25H,1,3-4,7-8,15-16H2. The maximum Gasteiger partial charge on any atom is 0.240 e. The maximum atomic E-state index is 12.6. The Morgan fingerprint density at radius 1 is 0.966 bits per heavy atom. The highest BCUT2D eigenvalue weighted by atomic mass is 32.2. The van der Waals surface area contributed by atoms with E-state index in [1.54, 1.807) is 23.0 Å². The van der Waals surface area contributed by atoms with E-state index < -0.39 is 10.0 Å². The van der Waals surface area contributed by atoms with Crippen LogP contribution in [0.25, 0.3) is 5.69 Å². The molecule has 1 saturated carbocycles. The highest BCUT2D eigenvalue weighted by Gasteiger charge is 2.18. The van der Waals surface area contributed by atoms with Crippen LogP contribution in [0.3, 0.4) is 0 Å². The molecule has 1 N–H and O–H groups in total. The minimum Gasteiger partial charge on any atom is -0.241 e. The summed E-state index contributed by atoms with van der Waals surface area (Å²) in [5.41, 5.74) is 3.23. The van der Waals surface area contributed by atoms with Crippen molar-refractivity contribution in [2.24, 2.45) is 0 Å². The lowest BCUT2D eigenvalue weighted by molar-refractivity contribution is 0.443. The number of sulfonamides is 1. The number of aromatic nitrogens is 2. The Morgan fingerprint density at radius 2 is 1.69 bits per heavy atom. The molecule has 2 aromatic carbocycles. The second-order valence-corrected chi connectivity index (χ2v) is 9.45. The van der Waals surface area contributed by atoms with Crippen LogP contribution in [0.4, 0.5) is 0 Å². The van der Waals surface area contributed by atoms with Crippen molar-refractivity contribution in [3.05, 3.63) is 78.1 Å². The summed E-state index contributed by atoms with van der Waals surface area (Å²) in [4.78, 5) is 0.331. The summed E-state index contributed by atoms with van der Waals surface area (Å²) in [5, 5.41) is 4.35. The zero-order valence-corrected chi connectivity index (χ0v) is 17.3. The minimum absolute atomic E-state index is 0.331. The number of nitrogens with zero attached hydrogens (tertiary/aromatic N) is 2. The average molecular weight is 410 g/mol. The number of benzene rings is 2. The van der Waals surface area contributed by atoms with Gasteiger partial charge in [-0.15, -0.1) is 0 Å². The van der Waals surface area contributed by atoms with Crippen LogP contribution in [0.5, 0.6) is 0 Å². The quantitative estimate of drug-likeness (QED) is 0.627. The zero-order valence-electron chi connectivity index (χ0n) is 16.5. The normalized spacial score (nSPS) is 15.4. The molecule has 29 heavy (non-hydrogen) atoms. The Balaban J connectivity index is 1.34. The fraction of sp³-hybridized carbons (Fsp3) is 0.348. The van der Waals surface area contributed by atoms with Crippen LogP contribution in [-0.2, 0) is 16.4 Å². The van der Waals surface area contributed by atoms with Crippen molar-refractivity contribution >= 4 is 10.0 Å². The minimum atomic E-state index is -3.50. The fourth-order valence-corrected chi connectivity index (χ4v) is 5.01. The monoisotopic (exact) mass is 409 g/mol. The Bertz CT molecular complexity index is 1020. The smallest absolute Gasteiger partial charge is 0.240 e. The summed E-state index contributed by atoms with van der Waals surface area (Å²) < 4.78 is 29.7. The van der Waals surface area contributed by atoms with E-state index >= 15 is 0 Å². The van der Waals surface area contributed by atoms with Crippen molar-refractivity contribution in [3.63, 3.8) is 0 Å². The molecule has 4 rings (SSSR count). The third-order valence-electron chi connectivity index (χ3n) is 5.63. The van der Waals surface area contributed by atoms with Crippen molar-refractivity contribution in [1.82, 2.24) is 14.5 Å². The topological polar surface area (TPSA) is 64.0 Å². The molecule has 1 aromatic heterocycles. The van der Waals surface area contributed by atoms with Gasteiger partial charge < -0.3 is 0 Å². The van der Waals surface area contributed by atoms with Gasteiger partial charge in [-0.25, -0.2) is 17.8 Å². The van der Waals surface area contributed by atoms with Gasteiger partial charge in [0.2, 0.25) is 10.0 Å². The Hall–Kier alpha value is -2.44. The molecule has 0 amide bonds. The third kappa shape index (κ3) is 4.95. The molecule has 5 nitrogen and oxygen atoms in total. The molecule has 1 heterocycles. The van der Waals surface area contributed by atoms with Crippen LogP contribution >= 0.6 is 0 Å². The van der Waals surface area contributed by atoms with Crippen LogP contribution in [0, 0.1) is 0 Å². The Morgan fingerprint density at radius 3 is 2.41 bits per heavy atom. The number of para-hydroxylation sites is 1. The molecule has 6 heteroatoms. The molecule has 0 saturated heterocycles. The summed E-state index contributed by atoms with van der Waals surface area (Å²) in [5.74, 6) is 0.578. The molecule has 0 radical (unpaired) electrons. The third-order valence-corrected chi connectivity index (χ3v) is 7.11. The molecule has 0 spiro atoms. The summed E-state index contributed by atoms with van der Waals surface area (Å²) in [7, 11) is -3.50. The van der Waals surface area contributed by atoms with Gasteiger partial charge in [0.05, 0.1) is 16.8 Å². The first-order chi connectivity index (χ1) is 14.1. The van der Waals surface area contributed by atoms with E-state index in [2.05, 4.69) is 9.82 Å². The second-order valence-electron chi connectivity index (χ2n) is 7.68. The van der Waals surface area contributed by atoms with E-state index in [9.17, 15) is 8.42 Å². The molecule has 1 fully saturated rings. The zero-order chi connectivity index (χ0) is 20.1. The highest BCUT2D eigenvalue weighted by molar-refractivity contribution is 7.89. The van der Waals surface area contributed by atoms with Gasteiger partial charge in [-0.05, 0) is 60.6 Å². The summed E-state index contributed by atoms with van der Waals surface area (Å²) in [6, 6.07) is 17.3. The molecular formula is C23H27N3O2S. The van der Waals surface area contributed by atoms with Crippen molar-refractivity contribution in [2.75, 3.05) is 6.54 Å². The number of hydrogen-bond donors (Lipinski definition) is 1. The number of nitrogens with one attached hydrogen (secondary N) is 1. The molecule has 0 aliphatic heterocycles. The van der Waals surface area contributed by atoms with E-state index in [1.165, 1.54) is 37.7 Å². The Kier molecular flexibility index (Phi) is 6.11. The van der Waals surface area contributed by atoms with Gasteiger partial charge >= 0.3 is 0 Å². The van der Waals surface area contributed by atoms with Crippen molar-refractivity contribution < 1.29 is 8.42 Å². The average Bonchev–Trinajstić information content (AvgIpc) is 3.24. The molecule has 3 aromatic rings. The van der Waals surface area contributed by atoms with Gasteiger partial charge in [0, 0.05) is 12.7 Å². The van der Waals surface area contributed by atoms with Gasteiger partial charge in [0.25, 0.3) is 0 Å². The first-order valence-electron chi connectivity index (χ1n) is 10.3. The largest absolute Gasteiger partial charge is 0.241 e. The van der Waals surface area contributed by atoms with Gasteiger partial charge in [-0.3, -0.25) is 0 Å². The maximum absolute atomic E-state index is 12.6. The predicted molar refractivity (Wildman–Crippen MR) is 115 cm³/mol. The van der Waals surface area contributed by atoms with Gasteiger partial charge in [0.1, 0.15) is 0 Å². The van der Waals surface area contributed by atoms with Crippen LogP contribution < -0.4 is 4.72 Å². The molecular weight excluding hydrogens is 382 g/mol. The van der Waals surface area contributed by atoms with E-state index in [0.29, 0.717) is 23.8 Å². The van der Waals surface area contributed by atoms with Crippen molar-refractivity contribution in [1.29, 1.82) is 0 Å². The summed E-state index contributed by atoms with van der Waals surface area (Å²) >= 11 is 0. The van der Waals surface area contributed by atoms with Crippen LogP contribution in [0.2, 0.25) is 0 Å². The van der Waals surface area contributed by atoms with Crippen molar-refractivity contribution in [2.45, 2.75) is 49.3 Å². The molecule has 1 aliphatic carbocycles. The molecule has 0 atom stereocenters. The lowest BCUT2D eigenvalue weighted by atomic mass is 9.84. The lowest BCUT2D eigenvalue weighted by Gasteiger charge is -2.22. The van der Waals surface area contributed by atoms with E-state index in [1.807, 2.05) is 48.7 Å². The van der Waals surface area contributed by atoms with Gasteiger partial charge in [0.15, 0.2) is 0 Å². The summed E-state index contributed by atoms with van der Waals surface area (Å²) in [6.07, 6.45) is 10.6. The van der Waals surface area contributed by atoms with E-state index in [-0.39, 0.29) is 0 Å². The molecule has 0 bridgehead atoms. The first kappa shape index (κ1) is 19.9. The lowest BCUT2D eigenvalue weighted by Crippen LogP contribution is -2.26. The second kappa shape index (κ2) is 8.93. The number of hydrogen-bond acceptors (Lipinski definition) is 3. The van der Waals surface area contributed by atoms with Crippen molar-refractivity contribution in [3.8, 4) is 5.69 Å². The van der Waals surface area contributed by atoms with Crippen LogP contribution in [0.1, 0.15) is 49.1 Å². The Labute approximate surface area is 172 Å². The SMILES string of the molecule is O=S(=O)(NCCc1cnn(-c2ccccc2)c1)c1ccc(C2CCCCC2)cc1. The molecule has 152 valence electrons. The fourth-order valence-electron chi connectivity index (χ4n) is 3.98. The first-order valence-corrected chi connectivity index (χ1v) is 11.8. The van der Waals surface area contributed by atoms with Crippen LogP contribution in [0.15, 0.2) is 71.9 Å². The number of rotatable bonds is 7.